The maximum atomic E-state index is 10.9. The fourth-order valence-electron chi connectivity index (χ4n) is 1.31. The Labute approximate surface area is 106 Å². The van der Waals surface area contributed by atoms with Crippen molar-refractivity contribution in [2.24, 2.45) is 0 Å². The maximum absolute atomic E-state index is 10.9. The topological polar surface area (TPSA) is 68.7 Å². The molecule has 0 radical (unpaired) electrons. The third kappa shape index (κ3) is 2.87. The highest BCUT2D eigenvalue weighted by Gasteiger charge is 2.01. The van der Waals surface area contributed by atoms with Crippen LogP contribution in [0.5, 0.6) is 0 Å². The van der Waals surface area contributed by atoms with Crippen molar-refractivity contribution in [3.63, 3.8) is 0 Å². The van der Waals surface area contributed by atoms with Gasteiger partial charge in [-0.15, -0.1) is 0 Å². The Morgan fingerprint density at radius 2 is 2.35 bits per heavy atom. The molecular formula is C11H8ClN3OS. The molecule has 0 fully saturated rings. The van der Waals surface area contributed by atoms with Crippen LogP contribution < -0.4 is 10.2 Å². The fourth-order valence-corrected chi connectivity index (χ4v) is 2.12. The number of anilines is 1. The first kappa shape index (κ1) is 11.7. The van der Waals surface area contributed by atoms with Gasteiger partial charge in [-0.05, 0) is 18.2 Å². The van der Waals surface area contributed by atoms with Crippen molar-refractivity contribution in [3.8, 4) is 6.07 Å². The molecule has 1 aromatic heterocycles. The molecule has 86 valence electrons. The molecule has 0 amide bonds. The quantitative estimate of drug-likeness (QED) is 0.896. The normalized spacial score (nSPS) is 9.88. The number of benzene rings is 1. The highest BCUT2D eigenvalue weighted by molar-refractivity contribution is 7.07. The highest BCUT2D eigenvalue weighted by atomic mass is 35.5. The molecular weight excluding hydrogens is 258 g/mol. The molecule has 1 aromatic carbocycles. The van der Waals surface area contributed by atoms with E-state index < -0.39 is 0 Å². The highest BCUT2D eigenvalue weighted by Crippen LogP contribution is 2.20. The molecule has 0 bridgehead atoms. The van der Waals surface area contributed by atoms with Crippen LogP contribution in [-0.4, -0.2) is 4.98 Å². The Morgan fingerprint density at radius 3 is 2.94 bits per heavy atom. The van der Waals surface area contributed by atoms with Crippen LogP contribution in [0.1, 0.15) is 11.3 Å². The van der Waals surface area contributed by atoms with E-state index in [1.165, 1.54) is 0 Å². The van der Waals surface area contributed by atoms with Crippen LogP contribution in [0, 0.1) is 11.3 Å². The molecule has 0 aliphatic carbocycles. The lowest BCUT2D eigenvalue weighted by atomic mass is 10.2. The van der Waals surface area contributed by atoms with E-state index in [4.69, 9.17) is 16.9 Å². The summed E-state index contributed by atoms with van der Waals surface area (Å²) in [6, 6.07) is 7.11. The van der Waals surface area contributed by atoms with Crippen LogP contribution in [-0.2, 0) is 6.54 Å². The van der Waals surface area contributed by atoms with Crippen LogP contribution in [0.25, 0.3) is 0 Å². The second-order valence-corrected chi connectivity index (χ2v) is 4.58. The summed E-state index contributed by atoms with van der Waals surface area (Å²) in [4.78, 5) is 13.5. The third-order valence-electron chi connectivity index (χ3n) is 2.14. The predicted octanol–water partition coefficient (Wildman–Crippen LogP) is 2.57. The Hall–Kier alpha value is -1.77. The van der Waals surface area contributed by atoms with Crippen molar-refractivity contribution >= 4 is 28.6 Å². The van der Waals surface area contributed by atoms with E-state index in [1.54, 1.807) is 23.6 Å². The van der Waals surface area contributed by atoms with Crippen molar-refractivity contribution in [2.75, 3.05) is 5.32 Å². The number of nitrogens with zero attached hydrogens (tertiary/aromatic N) is 1. The van der Waals surface area contributed by atoms with E-state index in [-0.39, 0.29) is 4.87 Å². The van der Waals surface area contributed by atoms with Crippen molar-refractivity contribution in [1.29, 1.82) is 5.26 Å². The molecule has 17 heavy (non-hydrogen) atoms. The molecule has 0 aliphatic heterocycles. The van der Waals surface area contributed by atoms with Gasteiger partial charge in [0, 0.05) is 16.8 Å². The molecule has 0 saturated heterocycles. The predicted molar refractivity (Wildman–Crippen MR) is 68.4 cm³/mol. The lowest BCUT2D eigenvalue weighted by Crippen LogP contribution is -2.02. The molecule has 0 spiro atoms. The van der Waals surface area contributed by atoms with Gasteiger partial charge in [0.2, 0.25) is 0 Å². The van der Waals surface area contributed by atoms with Gasteiger partial charge in [-0.3, -0.25) is 4.79 Å². The van der Waals surface area contributed by atoms with Gasteiger partial charge in [-0.25, -0.2) is 0 Å². The summed E-state index contributed by atoms with van der Waals surface area (Å²) >= 11 is 7.03. The Balaban J connectivity index is 2.07. The molecule has 1 heterocycles. The lowest BCUT2D eigenvalue weighted by molar-refractivity contribution is 1.06. The molecule has 2 rings (SSSR count). The van der Waals surface area contributed by atoms with E-state index in [9.17, 15) is 4.79 Å². The molecule has 0 unspecified atom stereocenters. The zero-order chi connectivity index (χ0) is 12.3. The largest absolute Gasteiger partial charge is 0.379 e. The lowest BCUT2D eigenvalue weighted by Gasteiger charge is -2.05. The number of hydrogen-bond donors (Lipinski definition) is 2. The van der Waals surface area contributed by atoms with Gasteiger partial charge >= 0.3 is 4.87 Å². The minimum atomic E-state index is -0.0698. The average molecular weight is 266 g/mol. The number of aromatic nitrogens is 1. The summed E-state index contributed by atoms with van der Waals surface area (Å²) in [7, 11) is 0. The van der Waals surface area contributed by atoms with E-state index in [0.717, 1.165) is 22.7 Å². The first-order valence-electron chi connectivity index (χ1n) is 4.79. The number of halogens is 1. The summed E-state index contributed by atoms with van der Waals surface area (Å²) in [5.41, 5.74) is 2.07. The minimum Gasteiger partial charge on any atom is -0.379 e. The summed E-state index contributed by atoms with van der Waals surface area (Å²) < 4.78 is 0. The summed E-state index contributed by atoms with van der Waals surface area (Å²) in [5, 5.41) is 14.0. The van der Waals surface area contributed by atoms with Crippen LogP contribution in [0.4, 0.5) is 5.69 Å². The smallest absolute Gasteiger partial charge is 0.304 e. The fraction of sp³-hybridized carbons (Fsp3) is 0.0909. The zero-order valence-corrected chi connectivity index (χ0v) is 10.2. The van der Waals surface area contributed by atoms with E-state index in [1.807, 2.05) is 6.07 Å². The molecule has 2 aromatic rings. The second kappa shape index (κ2) is 5.04. The summed E-state index contributed by atoms with van der Waals surface area (Å²) in [5.74, 6) is 0. The van der Waals surface area contributed by atoms with Gasteiger partial charge in [-0.1, -0.05) is 22.9 Å². The van der Waals surface area contributed by atoms with E-state index in [2.05, 4.69) is 10.3 Å². The molecule has 4 nitrogen and oxygen atoms in total. The van der Waals surface area contributed by atoms with Gasteiger partial charge in [-0.2, -0.15) is 5.26 Å². The van der Waals surface area contributed by atoms with Crippen molar-refractivity contribution in [2.45, 2.75) is 6.54 Å². The van der Waals surface area contributed by atoms with E-state index >= 15 is 0 Å². The third-order valence-corrected chi connectivity index (χ3v) is 3.17. The summed E-state index contributed by atoms with van der Waals surface area (Å²) in [6.07, 6.45) is 0. The van der Waals surface area contributed by atoms with Crippen LogP contribution in [0.2, 0.25) is 5.02 Å². The van der Waals surface area contributed by atoms with Crippen molar-refractivity contribution < 1.29 is 0 Å². The number of hydrogen-bond acceptors (Lipinski definition) is 4. The first-order valence-corrected chi connectivity index (χ1v) is 6.05. The number of nitrogens with one attached hydrogen (secondary N) is 2. The van der Waals surface area contributed by atoms with Gasteiger partial charge in [0.15, 0.2) is 0 Å². The standard InChI is InChI=1S/C11H8ClN3OS/c12-10-3-8(2-1-7(10)4-13)14-5-9-6-17-11(16)15-9/h1-3,6,14H,5H2,(H,15,16). The monoisotopic (exact) mass is 265 g/mol. The van der Waals surface area contributed by atoms with E-state index in [0.29, 0.717) is 17.1 Å². The van der Waals surface area contributed by atoms with Gasteiger partial charge in [0.05, 0.1) is 17.1 Å². The van der Waals surface area contributed by atoms with Crippen molar-refractivity contribution in [3.05, 3.63) is 49.5 Å². The SMILES string of the molecule is N#Cc1ccc(NCc2csc(=O)[nH]2)cc1Cl. The first-order chi connectivity index (χ1) is 8.19. The summed E-state index contributed by atoms with van der Waals surface area (Å²) in [6.45, 7) is 0.515. The van der Waals surface area contributed by atoms with Crippen LogP contribution in [0.15, 0.2) is 28.4 Å². The van der Waals surface area contributed by atoms with Crippen LogP contribution >= 0.6 is 22.9 Å². The molecule has 6 heteroatoms. The number of rotatable bonds is 3. The Kier molecular flexibility index (Phi) is 3.47. The number of H-pyrrole nitrogens is 1. The zero-order valence-electron chi connectivity index (χ0n) is 8.66. The molecule has 2 N–H and O–H groups in total. The molecule has 0 saturated carbocycles. The maximum Gasteiger partial charge on any atom is 0.304 e. The van der Waals surface area contributed by atoms with Gasteiger partial charge in [0.1, 0.15) is 6.07 Å². The minimum absolute atomic E-state index is 0.0698. The Morgan fingerprint density at radius 1 is 1.53 bits per heavy atom. The van der Waals surface area contributed by atoms with Crippen molar-refractivity contribution in [1.82, 2.24) is 4.98 Å². The number of nitriles is 1. The molecule has 0 atom stereocenters. The van der Waals surface area contributed by atoms with Crippen LogP contribution in [0.3, 0.4) is 0 Å². The Bertz CT molecular complexity index is 626. The van der Waals surface area contributed by atoms with Gasteiger partial charge in [0.25, 0.3) is 0 Å². The average Bonchev–Trinajstić information content (AvgIpc) is 2.73. The number of aromatic amines is 1. The molecule has 0 aliphatic rings. The second-order valence-electron chi connectivity index (χ2n) is 3.33. The van der Waals surface area contributed by atoms with Gasteiger partial charge < -0.3 is 10.3 Å². The number of thiazole rings is 1.